The lowest BCUT2D eigenvalue weighted by Crippen LogP contribution is -2.33. The monoisotopic (exact) mass is 313 g/mol. The third-order valence-corrected chi connectivity index (χ3v) is 5.70. The van der Waals surface area contributed by atoms with Crippen LogP contribution in [-0.4, -0.2) is 42.4 Å². The van der Waals surface area contributed by atoms with Crippen LogP contribution in [0.3, 0.4) is 0 Å². The van der Waals surface area contributed by atoms with Gasteiger partial charge in [0.2, 0.25) is 5.91 Å². The van der Waals surface area contributed by atoms with Crippen molar-refractivity contribution in [2.24, 2.45) is 17.6 Å². The summed E-state index contributed by atoms with van der Waals surface area (Å²) in [6.07, 6.45) is 3.77. The van der Waals surface area contributed by atoms with Gasteiger partial charge in [-0.25, -0.2) is 0 Å². The van der Waals surface area contributed by atoms with Crippen LogP contribution in [0.15, 0.2) is 24.3 Å². The Balaban J connectivity index is 1.46. The number of likely N-dealkylation sites (tertiary alicyclic amines) is 1. The van der Waals surface area contributed by atoms with Gasteiger partial charge in [0.25, 0.3) is 5.91 Å². The molecule has 5 nitrogen and oxygen atoms in total. The van der Waals surface area contributed by atoms with Gasteiger partial charge in [-0.15, -0.1) is 0 Å². The molecule has 23 heavy (non-hydrogen) atoms. The van der Waals surface area contributed by atoms with Crippen molar-refractivity contribution in [2.75, 3.05) is 24.5 Å². The maximum atomic E-state index is 12.7. The second-order valence-electron chi connectivity index (χ2n) is 7.07. The summed E-state index contributed by atoms with van der Waals surface area (Å²) in [6, 6.07) is 7.72. The number of carbonyl (C=O) groups excluding carboxylic acids is 2. The SMILES string of the molecule is NC1CCC2CN(C(=O)c3ccc(N4CCCC4=O)cc3)CC12. The number of rotatable bonds is 2. The highest BCUT2D eigenvalue weighted by Crippen LogP contribution is 2.37. The molecule has 122 valence electrons. The molecule has 1 aliphatic carbocycles. The third kappa shape index (κ3) is 2.53. The van der Waals surface area contributed by atoms with Crippen molar-refractivity contribution in [2.45, 2.75) is 31.7 Å². The molecule has 4 rings (SSSR count). The Morgan fingerprint density at radius 2 is 1.91 bits per heavy atom. The number of anilines is 1. The van der Waals surface area contributed by atoms with E-state index in [1.807, 2.05) is 29.2 Å². The summed E-state index contributed by atoms with van der Waals surface area (Å²) < 4.78 is 0. The van der Waals surface area contributed by atoms with E-state index in [1.165, 1.54) is 0 Å². The molecule has 3 fully saturated rings. The van der Waals surface area contributed by atoms with Gasteiger partial charge < -0.3 is 15.5 Å². The highest BCUT2D eigenvalue weighted by Gasteiger charge is 2.42. The molecule has 1 saturated carbocycles. The van der Waals surface area contributed by atoms with E-state index in [4.69, 9.17) is 5.73 Å². The Kier molecular flexibility index (Phi) is 3.60. The molecule has 2 saturated heterocycles. The summed E-state index contributed by atoms with van der Waals surface area (Å²) in [5.41, 5.74) is 7.74. The number of amides is 2. The van der Waals surface area contributed by atoms with E-state index in [2.05, 4.69) is 0 Å². The minimum absolute atomic E-state index is 0.0888. The summed E-state index contributed by atoms with van der Waals surface area (Å²) in [5.74, 6) is 1.31. The predicted molar refractivity (Wildman–Crippen MR) is 88.1 cm³/mol. The largest absolute Gasteiger partial charge is 0.338 e. The van der Waals surface area contributed by atoms with Gasteiger partial charge in [0.1, 0.15) is 0 Å². The molecular formula is C18H23N3O2. The molecule has 0 aromatic heterocycles. The summed E-state index contributed by atoms with van der Waals surface area (Å²) >= 11 is 0. The normalized spacial score (nSPS) is 30.1. The zero-order valence-corrected chi connectivity index (χ0v) is 13.3. The van der Waals surface area contributed by atoms with E-state index in [-0.39, 0.29) is 17.9 Å². The topological polar surface area (TPSA) is 66.6 Å². The van der Waals surface area contributed by atoms with Gasteiger partial charge in [0.15, 0.2) is 0 Å². The Morgan fingerprint density at radius 3 is 2.57 bits per heavy atom. The quantitative estimate of drug-likeness (QED) is 0.902. The van der Waals surface area contributed by atoms with Gasteiger partial charge in [-0.1, -0.05) is 0 Å². The first-order valence-electron chi connectivity index (χ1n) is 8.59. The number of nitrogens with two attached hydrogens (primary N) is 1. The number of fused-ring (bicyclic) bond motifs is 1. The Hall–Kier alpha value is -1.88. The zero-order valence-electron chi connectivity index (χ0n) is 13.3. The Labute approximate surface area is 136 Å². The van der Waals surface area contributed by atoms with E-state index < -0.39 is 0 Å². The summed E-state index contributed by atoms with van der Waals surface area (Å²) in [4.78, 5) is 28.2. The van der Waals surface area contributed by atoms with Crippen molar-refractivity contribution < 1.29 is 9.59 Å². The number of carbonyl (C=O) groups is 2. The highest BCUT2D eigenvalue weighted by molar-refractivity contribution is 5.97. The second kappa shape index (κ2) is 5.64. The smallest absolute Gasteiger partial charge is 0.253 e. The Bertz CT molecular complexity index is 628. The molecule has 2 aliphatic heterocycles. The predicted octanol–water partition coefficient (Wildman–Crippen LogP) is 1.62. The average molecular weight is 313 g/mol. The van der Waals surface area contributed by atoms with Gasteiger partial charge in [-0.05, 0) is 55.4 Å². The third-order valence-electron chi connectivity index (χ3n) is 5.70. The maximum Gasteiger partial charge on any atom is 0.253 e. The fraction of sp³-hybridized carbons (Fsp3) is 0.556. The van der Waals surface area contributed by atoms with E-state index in [1.54, 1.807) is 4.90 Å². The molecular weight excluding hydrogens is 290 g/mol. The second-order valence-corrected chi connectivity index (χ2v) is 7.07. The molecule has 1 aromatic carbocycles. The standard InChI is InChI=1S/C18H23N3O2/c19-16-8-5-13-10-20(11-15(13)16)18(23)12-3-6-14(7-4-12)21-9-1-2-17(21)22/h3-4,6-7,13,15-16H,1-2,5,8-11,19H2. The molecule has 2 amide bonds. The van der Waals surface area contributed by atoms with Crippen LogP contribution in [-0.2, 0) is 4.79 Å². The van der Waals surface area contributed by atoms with E-state index in [0.717, 1.165) is 44.6 Å². The molecule has 3 atom stereocenters. The minimum Gasteiger partial charge on any atom is -0.338 e. The van der Waals surface area contributed by atoms with Crippen LogP contribution in [0.4, 0.5) is 5.69 Å². The fourth-order valence-electron chi connectivity index (χ4n) is 4.36. The first-order chi connectivity index (χ1) is 11.1. The van der Waals surface area contributed by atoms with Gasteiger partial charge >= 0.3 is 0 Å². The molecule has 0 spiro atoms. The molecule has 1 aromatic rings. The molecule has 2 N–H and O–H groups in total. The van der Waals surface area contributed by atoms with Gasteiger partial charge in [0.05, 0.1) is 0 Å². The van der Waals surface area contributed by atoms with Crippen molar-refractivity contribution in [3.63, 3.8) is 0 Å². The maximum absolute atomic E-state index is 12.7. The number of nitrogens with zero attached hydrogens (tertiary/aromatic N) is 2. The van der Waals surface area contributed by atoms with Crippen LogP contribution in [0.1, 0.15) is 36.0 Å². The van der Waals surface area contributed by atoms with Crippen LogP contribution in [0.5, 0.6) is 0 Å². The lowest BCUT2D eigenvalue weighted by Gasteiger charge is -2.20. The van der Waals surface area contributed by atoms with E-state index in [9.17, 15) is 9.59 Å². The van der Waals surface area contributed by atoms with Crippen LogP contribution >= 0.6 is 0 Å². The Morgan fingerprint density at radius 1 is 1.13 bits per heavy atom. The van der Waals surface area contributed by atoms with E-state index >= 15 is 0 Å². The molecule has 0 radical (unpaired) electrons. The van der Waals surface area contributed by atoms with Crippen molar-refractivity contribution >= 4 is 17.5 Å². The minimum atomic E-state index is 0.0888. The lowest BCUT2D eigenvalue weighted by molar-refractivity contribution is -0.117. The van der Waals surface area contributed by atoms with E-state index in [0.29, 0.717) is 23.8 Å². The number of hydrogen-bond donors (Lipinski definition) is 1. The highest BCUT2D eigenvalue weighted by atomic mass is 16.2. The molecule has 3 aliphatic rings. The summed E-state index contributed by atoms with van der Waals surface area (Å²) in [5, 5.41) is 0. The van der Waals surface area contributed by atoms with Crippen LogP contribution in [0.2, 0.25) is 0 Å². The van der Waals surface area contributed by atoms with Crippen molar-refractivity contribution in [3.8, 4) is 0 Å². The van der Waals surface area contributed by atoms with Crippen molar-refractivity contribution in [3.05, 3.63) is 29.8 Å². The van der Waals surface area contributed by atoms with Crippen LogP contribution in [0, 0.1) is 11.8 Å². The van der Waals surface area contributed by atoms with Gasteiger partial charge in [0, 0.05) is 43.3 Å². The number of hydrogen-bond acceptors (Lipinski definition) is 3. The van der Waals surface area contributed by atoms with Gasteiger partial charge in [-0.3, -0.25) is 9.59 Å². The van der Waals surface area contributed by atoms with Crippen molar-refractivity contribution in [1.29, 1.82) is 0 Å². The molecule has 5 heteroatoms. The first-order valence-corrected chi connectivity index (χ1v) is 8.59. The summed E-state index contributed by atoms with van der Waals surface area (Å²) in [6.45, 7) is 2.40. The average Bonchev–Trinajstić information content (AvgIpc) is 3.25. The first kappa shape index (κ1) is 14.7. The lowest BCUT2D eigenvalue weighted by atomic mass is 9.98. The summed E-state index contributed by atoms with van der Waals surface area (Å²) in [7, 11) is 0. The molecule has 2 heterocycles. The van der Waals surface area contributed by atoms with Crippen LogP contribution < -0.4 is 10.6 Å². The van der Waals surface area contributed by atoms with Crippen LogP contribution in [0.25, 0.3) is 0 Å². The number of benzene rings is 1. The zero-order chi connectivity index (χ0) is 16.0. The molecule has 3 unspecified atom stereocenters. The van der Waals surface area contributed by atoms with Gasteiger partial charge in [-0.2, -0.15) is 0 Å². The van der Waals surface area contributed by atoms with Crippen molar-refractivity contribution in [1.82, 2.24) is 4.90 Å². The fourth-order valence-corrected chi connectivity index (χ4v) is 4.36. The molecule has 0 bridgehead atoms.